The molecule has 0 bridgehead atoms. The summed E-state index contributed by atoms with van der Waals surface area (Å²) in [6.07, 6.45) is 0. The van der Waals surface area contributed by atoms with Crippen LogP contribution in [-0.2, 0) is 0 Å². The highest BCUT2D eigenvalue weighted by atomic mass is 14.3. The van der Waals surface area contributed by atoms with Gasteiger partial charge in [-0.2, -0.15) is 5.26 Å². The SMILES string of the molecule is N#Cc1ccc(-c2cccc(-c3cccc(-c4cc(-c5cccc(-c6ccccc6)c5)cc(-c5cccc(-c6cccc(-c7ccccc7)c6)c5)c4)c3)c2)cc1-c1ccccc1. The van der Waals surface area contributed by atoms with Crippen LogP contribution in [0.15, 0.2) is 249 Å². The van der Waals surface area contributed by atoms with Gasteiger partial charge in [0, 0.05) is 5.56 Å². The van der Waals surface area contributed by atoms with Gasteiger partial charge in [0.25, 0.3) is 0 Å². The van der Waals surface area contributed by atoms with Crippen LogP contribution in [0, 0.1) is 11.3 Å². The Morgan fingerprint density at radius 3 is 0.758 bits per heavy atom. The second kappa shape index (κ2) is 17.1. The van der Waals surface area contributed by atoms with Crippen molar-refractivity contribution in [3.05, 3.63) is 254 Å². The molecule has 1 nitrogen and oxygen atoms in total. The van der Waals surface area contributed by atoms with Crippen molar-refractivity contribution in [2.24, 2.45) is 0 Å². The highest BCUT2D eigenvalue weighted by Gasteiger charge is 2.13. The van der Waals surface area contributed by atoms with Crippen LogP contribution in [-0.4, -0.2) is 0 Å². The summed E-state index contributed by atoms with van der Waals surface area (Å²) < 4.78 is 0. The Balaban J connectivity index is 1.05. The van der Waals surface area contributed by atoms with Gasteiger partial charge >= 0.3 is 0 Å². The molecular formula is C61H41N. The zero-order chi connectivity index (χ0) is 41.7. The molecule has 10 rings (SSSR count). The minimum absolute atomic E-state index is 0.668. The summed E-state index contributed by atoms with van der Waals surface area (Å²) in [5.41, 5.74) is 21.2. The van der Waals surface area contributed by atoms with E-state index in [1.54, 1.807) is 0 Å². The Hall–Kier alpha value is -8.31. The van der Waals surface area contributed by atoms with Gasteiger partial charge in [0.1, 0.15) is 0 Å². The molecule has 290 valence electrons. The van der Waals surface area contributed by atoms with Gasteiger partial charge in [-0.25, -0.2) is 0 Å². The smallest absolute Gasteiger partial charge is 0.0998 e. The maximum Gasteiger partial charge on any atom is 0.0998 e. The summed E-state index contributed by atoms with van der Waals surface area (Å²) in [5.74, 6) is 0. The molecule has 0 fully saturated rings. The number of benzene rings is 10. The molecule has 0 saturated heterocycles. The molecule has 0 spiro atoms. The van der Waals surface area contributed by atoms with Crippen molar-refractivity contribution in [3.8, 4) is 106 Å². The van der Waals surface area contributed by atoms with Gasteiger partial charge in [0.2, 0.25) is 0 Å². The Bertz CT molecular complexity index is 3230. The topological polar surface area (TPSA) is 23.8 Å². The average Bonchev–Trinajstić information content (AvgIpc) is 3.37. The number of hydrogen-bond donors (Lipinski definition) is 0. The third kappa shape index (κ3) is 8.02. The lowest BCUT2D eigenvalue weighted by Crippen LogP contribution is -1.89. The minimum atomic E-state index is 0.668. The summed E-state index contributed by atoms with van der Waals surface area (Å²) in [6.45, 7) is 0. The maximum absolute atomic E-state index is 9.93. The predicted molar refractivity (Wildman–Crippen MR) is 260 cm³/mol. The van der Waals surface area contributed by atoms with Crippen molar-refractivity contribution < 1.29 is 0 Å². The lowest BCUT2D eigenvalue weighted by molar-refractivity contribution is 1.47. The second-order valence-electron chi connectivity index (χ2n) is 15.7. The monoisotopic (exact) mass is 787 g/mol. The van der Waals surface area contributed by atoms with Crippen LogP contribution in [0.1, 0.15) is 5.56 Å². The van der Waals surface area contributed by atoms with Gasteiger partial charge in [-0.3, -0.25) is 0 Å². The largest absolute Gasteiger partial charge is 0.192 e. The highest BCUT2D eigenvalue weighted by Crippen LogP contribution is 2.38. The molecule has 0 amide bonds. The molecule has 0 aliphatic rings. The van der Waals surface area contributed by atoms with Gasteiger partial charge < -0.3 is 0 Å². The number of nitriles is 1. The summed E-state index contributed by atoms with van der Waals surface area (Å²) in [4.78, 5) is 0. The first-order valence-corrected chi connectivity index (χ1v) is 21.0. The van der Waals surface area contributed by atoms with E-state index in [2.05, 4.69) is 231 Å². The van der Waals surface area contributed by atoms with E-state index in [1.807, 2.05) is 24.3 Å². The predicted octanol–water partition coefficient (Wildman–Crippen LogP) is 16.6. The lowest BCUT2D eigenvalue weighted by atomic mass is 9.90. The van der Waals surface area contributed by atoms with Crippen LogP contribution in [0.3, 0.4) is 0 Å². The lowest BCUT2D eigenvalue weighted by Gasteiger charge is -2.14. The minimum Gasteiger partial charge on any atom is -0.192 e. The van der Waals surface area contributed by atoms with E-state index in [-0.39, 0.29) is 0 Å². The van der Waals surface area contributed by atoms with Gasteiger partial charge in [0.15, 0.2) is 0 Å². The zero-order valence-electron chi connectivity index (χ0n) is 34.1. The van der Waals surface area contributed by atoms with E-state index < -0.39 is 0 Å². The molecule has 0 aliphatic heterocycles. The Kier molecular flexibility index (Phi) is 10.5. The molecule has 10 aromatic carbocycles. The summed E-state index contributed by atoms with van der Waals surface area (Å²) in [5, 5.41) is 9.93. The summed E-state index contributed by atoms with van der Waals surface area (Å²) in [7, 11) is 0. The third-order valence-electron chi connectivity index (χ3n) is 11.7. The van der Waals surface area contributed by atoms with Crippen LogP contribution < -0.4 is 0 Å². The van der Waals surface area contributed by atoms with Crippen molar-refractivity contribution in [3.63, 3.8) is 0 Å². The van der Waals surface area contributed by atoms with Gasteiger partial charge in [-0.1, -0.05) is 188 Å². The second-order valence-corrected chi connectivity index (χ2v) is 15.7. The van der Waals surface area contributed by atoms with Gasteiger partial charge in [0.05, 0.1) is 11.6 Å². The first kappa shape index (κ1) is 37.9. The van der Waals surface area contributed by atoms with Crippen LogP contribution in [0.5, 0.6) is 0 Å². The molecule has 0 radical (unpaired) electrons. The summed E-state index contributed by atoms with van der Waals surface area (Å²) in [6, 6.07) is 91.0. The Morgan fingerprint density at radius 2 is 0.435 bits per heavy atom. The van der Waals surface area contributed by atoms with Gasteiger partial charge in [-0.15, -0.1) is 0 Å². The molecule has 0 N–H and O–H groups in total. The highest BCUT2D eigenvalue weighted by molar-refractivity contribution is 5.87. The molecule has 10 aromatic rings. The van der Waals surface area contributed by atoms with Crippen molar-refractivity contribution in [1.29, 1.82) is 5.26 Å². The van der Waals surface area contributed by atoms with Crippen molar-refractivity contribution in [2.75, 3.05) is 0 Å². The van der Waals surface area contributed by atoms with E-state index in [9.17, 15) is 5.26 Å². The number of nitrogens with zero attached hydrogens (tertiary/aromatic N) is 1. The maximum atomic E-state index is 9.93. The first-order chi connectivity index (χ1) is 30.6. The molecule has 0 saturated carbocycles. The summed E-state index contributed by atoms with van der Waals surface area (Å²) >= 11 is 0. The quantitative estimate of drug-likeness (QED) is 0.143. The molecule has 0 heterocycles. The van der Waals surface area contributed by atoms with Crippen LogP contribution in [0.4, 0.5) is 0 Å². The van der Waals surface area contributed by atoms with Crippen LogP contribution in [0.2, 0.25) is 0 Å². The third-order valence-corrected chi connectivity index (χ3v) is 11.7. The molecular weight excluding hydrogens is 747 g/mol. The fraction of sp³-hybridized carbons (Fsp3) is 0. The van der Waals surface area contributed by atoms with Crippen LogP contribution in [0.25, 0.3) is 100 Å². The standard InChI is InChI=1S/C61H41N/c62-42-57-32-31-56(41-61(57)45-19-8-3-9-20-45)52-27-12-24-49(35-52)51-26-14-30-55(37-51)60-39-58(53-28-11-22-47(34-53)44-17-6-2-7-18-44)38-59(40-60)54-29-13-25-50(36-54)48-23-10-21-46(33-48)43-15-4-1-5-16-43/h1-41H. The normalized spacial score (nSPS) is 10.9. The molecule has 0 unspecified atom stereocenters. The van der Waals surface area contributed by atoms with Crippen LogP contribution >= 0.6 is 0 Å². The Morgan fingerprint density at radius 1 is 0.194 bits per heavy atom. The Labute approximate surface area is 364 Å². The van der Waals surface area contributed by atoms with Crippen molar-refractivity contribution in [2.45, 2.75) is 0 Å². The molecule has 0 atom stereocenters. The van der Waals surface area contributed by atoms with E-state index in [4.69, 9.17) is 0 Å². The first-order valence-electron chi connectivity index (χ1n) is 21.0. The number of rotatable bonds is 9. The number of hydrogen-bond acceptors (Lipinski definition) is 1. The fourth-order valence-corrected chi connectivity index (χ4v) is 8.46. The van der Waals surface area contributed by atoms with E-state index in [0.717, 1.165) is 61.2 Å². The van der Waals surface area contributed by atoms with E-state index >= 15 is 0 Å². The molecule has 0 aromatic heterocycles. The van der Waals surface area contributed by atoms with Crippen molar-refractivity contribution >= 4 is 0 Å². The van der Waals surface area contributed by atoms with E-state index in [1.165, 1.54) is 38.9 Å². The fourth-order valence-electron chi connectivity index (χ4n) is 8.46. The van der Waals surface area contributed by atoms with E-state index in [0.29, 0.717) is 5.56 Å². The van der Waals surface area contributed by atoms with Gasteiger partial charge in [-0.05, 0) is 155 Å². The molecule has 62 heavy (non-hydrogen) atoms. The molecule has 1 heteroatoms. The zero-order valence-corrected chi connectivity index (χ0v) is 34.1. The average molecular weight is 788 g/mol. The van der Waals surface area contributed by atoms with Crippen molar-refractivity contribution in [1.82, 2.24) is 0 Å². The molecule has 0 aliphatic carbocycles.